The number of amides is 1. The zero-order valence-corrected chi connectivity index (χ0v) is 16.2. The number of rotatable bonds is 7. The number of carbonyl (C=O) groups excluding carboxylic acids is 1. The number of nitrogens with one attached hydrogen (secondary N) is 1. The van der Waals surface area contributed by atoms with Gasteiger partial charge in [-0.05, 0) is 44.6 Å². The molecule has 1 aromatic heterocycles. The summed E-state index contributed by atoms with van der Waals surface area (Å²) in [5, 5.41) is 7.80. The lowest BCUT2D eigenvalue weighted by atomic mass is 9.97. The van der Waals surface area contributed by atoms with E-state index in [4.69, 9.17) is 5.10 Å². The van der Waals surface area contributed by atoms with Crippen LogP contribution >= 0.6 is 0 Å². The van der Waals surface area contributed by atoms with Crippen LogP contribution in [0.1, 0.15) is 61.7 Å². The molecule has 1 amide bonds. The van der Waals surface area contributed by atoms with E-state index in [1.165, 1.54) is 47.6 Å². The lowest BCUT2D eigenvalue weighted by Crippen LogP contribution is -2.43. The molecule has 1 N–H and O–H groups in total. The maximum atomic E-state index is 12.4. The molecule has 4 rings (SSSR count). The molecule has 7 nitrogen and oxygen atoms in total. The van der Waals surface area contributed by atoms with Gasteiger partial charge in [0.2, 0.25) is 15.9 Å². The lowest BCUT2D eigenvalue weighted by molar-refractivity contribution is -0.126. The number of piperidine rings is 1. The third kappa shape index (κ3) is 4.11. The molecule has 0 bridgehead atoms. The highest BCUT2D eigenvalue weighted by molar-refractivity contribution is 7.88. The van der Waals surface area contributed by atoms with E-state index in [-0.39, 0.29) is 11.8 Å². The molecule has 0 spiro atoms. The van der Waals surface area contributed by atoms with Gasteiger partial charge in [-0.2, -0.15) is 5.10 Å². The maximum absolute atomic E-state index is 12.4. The Balaban J connectivity index is 1.27. The molecule has 1 saturated heterocycles. The first-order chi connectivity index (χ1) is 12.4. The van der Waals surface area contributed by atoms with Gasteiger partial charge in [-0.1, -0.05) is 0 Å². The number of aromatic nitrogens is 2. The highest BCUT2D eigenvalue weighted by Crippen LogP contribution is 2.44. The zero-order valence-electron chi connectivity index (χ0n) is 15.4. The number of hydrogen-bond donors (Lipinski definition) is 1. The topological polar surface area (TPSA) is 84.3 Å². The first kappa shape index (κ1) is 18.0. The fourth-order valence-corrected chi connectivity index (χ4v) is 4.67. The van der Waals surface area contributed by atoms with Crippen molar-refractivity contribution in [2.24, 2.45) is 5.92 Å². The molecule has 3 fully saturated rings. The second-order valence-electron chi connectivity index (χ2n) is 7.99. The van der Waals surface area contributed by atoms with Crippen LogP contribution in [0.4, 0.5) is 0 Å². The second-order valence-corrected chi connectivity index (χ2v) is 9.98. The number of hydrogen-bond acceptors (Lipinski definition) is 4. The quantitative estimate of drug-likeness (QED) is 0.775. The lowest BCUT2D eigenvalue weighted by Gasteiger charge is -2.29. The Morgan fingerprint density at radius 1 is 1.15 bits per heavy atom. The molecular formula is C18H28N4O3S. The second kappa shape index (κ2) is 6.96. The van der Waals surface area contributed by atoms with E-state index in [1.807, 2.05) is 0 Å². The van der Waals surface area contributed by atoms with Crippen molar-refractivity contribution in [1.29, 1.82) is 0 Å². The summed E-state index contributed by atoms with van der Waals surface area (Å²) in [6.45, 7) is 2.17. The van der Waals surface area contributed by atoms with Gasteiger partial charge in [-0.25, -0.2) is 12.7 Å². The minimum absolute atomic E-state index is 0.0423. The summed E-state index contributed by atoms with van der Waals surface area (Å²) in [7, 11) is -3.14. The summed E-state index contributed by atoms with van der Waals surface area (Å²) in [6, 6.07) is 2.28. The molecule has 0 unspecified atom stereocenters. The molecule has 26 heavy (non-hydrogen) atoms. The van der Waals surface area contributed by atoms with Crippen LogP contribution in [-0.2, 0) is 21.4 Å². The van der Waals surface area contributed by atoms with Gasteiger partial charge in [0.05, 0.1) is 18.5 Å². The first-order valence-corrected chi connectivity index (χ1v) is 11.6. The van der Waals surface area contributed by atoms with Crippen LogP contribution in [0.3, 0.4) is 0 Å². The van der Waals surface area contributed by atoms with E-state index in [9.17, 15) is 13.2 Å². The summed E-state index contributed by atoms with van der Waals surface area (Å²) >= 11 is 0. The highest BCUT2D eigenvalue weighted by atomic mass is 32.2. The first-order valence-electron chi connectivity index (χ1n) is 9.72. The molecule has 3 aliphatic rings. The Kier molecular flexibility index (Phi) is 4.81. The van der Waals surface area contributed by atoms with Gasteiger partial charge in [0.15, 0.2) is 0 Å². The molecule has 1 aromatic rings. The average molecular weight is 381 g/mol. The van der Waals surface area contributed by atoms with E-state index in [1.54, 1.807) is 0 Å². The van der Waals surface area contributed by atoms with Crippen molar-refractivity contribution in [2.75, 3.05) is 25.9 Å². The van der Waals surface area contributed by atoms with Gasteiger partial charge in [0.25, 0.3) is 0 Å². The van der Waals surface area contributed by atoms with Gasteiger partial charge in [-0.15, -0.1) is 0 Å². The Labute approximate surface area is 155 Å². The van der Waals surface area contributed by atoms with Crippen molar-refractivity contribution in [2.45, 2.75) is 56.9 Å². The van der Waals surface area contributed by atoms with E-state index in [0.29, 0.717) is 50.9 Å². The van der Waals surface area contributed by atoms with Crippen molar-refractivity contribution in [3.63, 3.8) is 0 Å². The molecule has 8 heteroatoms. The predicted molar refractivity (Wildman–Crippen MR) is 98.3 cm³/mol. The van der Waals surface area contributed by atoms with Crippen LogP contribution in [-0.4, -0.2) is 54.3 Å². The van der Waals surface area contributed by atoms with Crippen molar-refractivity contribution < 1.29 is 13.2 Å². The monoisotopic (exact) mass is 380 g/mol. The minimum Gasteiger partial charge on any atom is -0.354 e. The van der Waals surface area contributed by atoms with E-state index >= 15 is 0 Å². The molecule has 2 saturated carbocycles. The predicted octanol–water partition coefficient (Wildman–Crippen LogP) is 1.43. The Bertz CT molecular complexity index is 772. The molecule has 0 atom stereocenters. The molecule has 2 aliphatic carbocycles. The normalized spacial score (nSPS) is 22.5. The maximum Gasteiger partial charge on any atom is 0.223 e. The van der Waals surface area contributed by atoms with Crippen LogP contribution in [0.15, 0.2) is 6.07 Å². The largest absolute Gasteiger partial charge is 0.354 e. The van der Waals surface area contributed by atoms with Crippen LogP contribution < -0.4 is 5.32 Å². The number of sulfonamides is 1. The Morgan fingerprint density at radius 3 is 2.38 bits per heavy atom. The molecule has 0 aromatic carbocycles. The fourth-order valence-electron chi connectivity index (χ4n) is 3.80. The summed E-state index contributed by atoms with van der Waals surface area (Å²) in [5.74, 6) is 1.27. The van der Waals surface area contributed by atoms with Gasteiger partial charge < -0.3 is 5.32 Å². The third-order valence-electron chi connectivity index (χ3n) is 5.74. The highest BCUT2D eigenvalue weighted by Gasteiger charge is 2.33. The molecule has 144 valence electrons. The average Bonchev–Trinajstić information content (AvgIpc) is 3.53. The molecule has 0 radical (unpaired) electrons. The SMILES string of the molecule is CS(=O)(=O)N1CCC(C(=O)NCCn2nc(C3CC3)cc2C2CC2)CC1. The smallest absolute Gasteiger partial charge is 0.223 e. The molecule has 1 aliphatic heterocycles. The van der Waals surface area contributed by atoms with Crippen molar-refractivity contribution in [3.05, 3.63) is 17.5 Å². The van der Waals surface area contributed by atoms with Gasteiger partial charge in [-0.3, -0.25) is 9.48 Å². The van der Waals surface area contributed by atoms with E-state index < -0.39 is 10.0 Å². The van der Waals surface area contributed by atoms with E-state index in [2.05, 4.69) is 16.1 Å². The molecular weight excluding hydrogens is 352 g/mol. The van der Waals surface area contributed by atoms with Crippen molar-refractivity contribution in [1.82, 2.24) is 19.4 Å². The minimum atomic E-state index is -3.14. The standard InChI is InChI=1S/C18H28N4O3S/c1-26(24,25)21-9-6-15(7-10-21)18(23)19-8-11-22-17(14-4-5-14)12-16(20-22)13-2-3-13/h12-15H,2-11H2,1H3,(H,19,23). The number of nitrogens with zero attached hydrogens (tertiary/aromatic N) is 3. The van der Waals surface area contributed by atoms with Crippen LogP contribution in [0.5, 0.6) is 0 Å². The molecule has 2 heterocycles. The van der Waals surface area contributed by atoms with Gasteiger partial charge in [0.1, 0.15) is 0 Å². The third-order valence-corrected chi connectivity index (χ3v) is 7.04. The van der Waals surface area contributed by atoms with Crippen LogP contribution in [0, 0.1) is 5.92 Å². The fraction of sp³-hybridized carbons (Fsp3) is 0.778. The zero-order chi connectivity index (χ0) is 18.3. The summed E-state index contributed by atoms with van der Waals surface area (Å²) in [5.41, 5.74) is 2.56. The van der Waals surface area contributed by atoms with Crippen molar-refractivity contribution >= 4 is 15.9 Å². The Morgan fingerprint density at radius 2 is 1.81 bits per heavy atom. The summed E-state index contributed by atoms with van der Waals surface area (Å²) < 4.78 is 26.7. The van der Waals surface area contributed by atoms with Gasteiger partial charge >= 0.3 is 0 Å². The van der Waals surface area contributed by atoms with Crippen LogP contribution in [0.2, 0.25) is 0 Å². The van der Waals surface area contributed by atoms with Gasteiger partial charge in [0, 0.05) is 43.1 Å². The summed E-state index contributed by atoms with van der Waals surface area (Å²) in [6.07, 6.45) is 7.43. The Hall–Kier alpha value is -1.41. The number of carbonyl (C=O) groups is 1. The van der Waals surface area contributed by atoms with E-state index in [0.717, 1.165) is 0 Å². The van der Waals surface area contributed by atoms with Crippen molar-refractivity contribution in [3.8, 4) is 0 Å². The van der Waals surface area contributed by atoms with Crippen LogP contribution in [0.25, 0.3) is 0 Å². The summed E-state index contributed by atoms with van der Waals surface area (Å²) in [4.78, 5) is 12.4.